The summed E-state index contributed by atoms with van der Waals surface area (Å²) in [5.74, 6) is 1.42. The average molecular weight is 397 g/mol. The van der Waals surface area contributed by atoms with Crippen LogP contribution in [-0.2, 0) is 4.79 Å². The number of nitrogens with zero attached hydrogens (tertiary/aromatic N) is 3. The van der Waals surface area contributed by atoms with Crippen LogP contribution >= 0.6 is 11.6 Å². The van der Waals surface area contributed by atoms with Crippen LogP contribution in [-0.4, -0.2) is 26.5 Å². The number of pyridine rings is 1. The molecule has 1 fully saturated rings. The fourth-order valence-corrected chi connectivity index (χ4v) is 3.85. The van der Waals surface area contributed by atoms with E-state index in [1.807, 2.05) is 26.0 Å². The summed E-state index contributed by atoms with van der Waals surface area (Å²) in [6.45, 7) is 3.73. The number of carbonyl (C=O) groups is 1. The molecule has 2 aliphatic rings. The van der Waals surface area contributed by atoms with E-state index in [1.165, 1.54) is 0 Å². The largest absolute Gasteiger partial charge is 0.482 e. The number of allylic oxidation sites excluding steroid dienone is 3. The maximum absolute atomic E-state index is 12.9. The standard InChI is InChI=1S/C21H21ClN4O2/c1-13-17(12-23-14(2)24-13)28-21(15-7-4-3-5-8-15)11-16(21)20(27)26-19-10-6-9-18(22)25-19/h3-7,9-10,12,15-16H,8,11H2,1-2H3,(H,25,26,27)/t15?,16-,21+/m0/s1. The number of aromatic nitrogens is 3. The van der Waals surface area contributed by atoms with E-state index in [-0.39, 0.29) is 17.7 Å². The van der Waals surface area contributed by atoms with Crippen molar-refractivity contribution in [2.75, 3.05) is 5.32 Å². The van der Waals surface area contributed by atoms with Gasteiger partial charge in [-0.05, 0) is 32.4 Å². The molecule has 0 saturated heterocycles. The molecule has 0 radical (unpaired) electrons. The van der Waals surface area contributed by atoms with Crippen molar-refractivity contribution in [3.63, 3.8) is 0 Å². The monoisotopic (exact) mass is 396 g/mol. The van der Waals surface area contributed by atoms with E-state index in [9.17, 15) is 4.79 Å². The van der Waals surface area contributed by atoms with Gasteiger partial charge in [0.05, 0.1) is 17.8 Å². The van der Waals surface area contributed by atoms with Crippen molar-refractivity contribution in [1.82, 2.24) is 15.0 Å². The predicted molar refractivity (Wildman–Crippen MR) is 107 cm³/mol. The van der Waals surface area contributed by atoms with Crippen molar-refractivity contribution in [3.8, 4) is 5.75 Å². The maximum atomic E-state index is 12.9. The molecule has 7 heteroatoms. The summed E-state index contributed by atoms with van der Waals surface area (Å²) in [5.41, 5.74) is 0.151. The van der Waals surface area contributed by atoms with Crippen molar-refractivity contribution in [3.05, 3.63) is 65.4 Å². The van der Waals surface area contributed by atoms with E-state index >= 15 is 0 Å². The van der Waals surface area contributed by atoms with Gasteiger partial charge in [-0.3, -0.25) is 4.79 Å². The highest BCUT2D eigenvalue weighted by Crippen LogP contribution is 2.55. The molecule has 2 aliphatic carbocycles. The van der Waals surface area contributed by atoms with Gasteiger partial charge in [-0.25, -0.2) is 15.0 Å². The summed E-state index contributed by atoms with van der Waals surface area (Å²) >= 11 is 5.92. The number of hydrogen-bond donors (Lipinski definition) is 1. The summed E-state index contributed by atoms with van der Waals surface area (Å²) < 4.78 is 6.42. The van der Waals surface area contributed by atoms with Gasteiger partial charge in [-0.15, -0.1) is 0 Å². The molecule has 1 N–H and O–H groups in total. The Morgan fingerprint density at radius 3 is 2.86 bits per heavy atom. The second-order valence-electron chi connectivity index (χ2n) is 7.17. The first-order chi connectivity index (χ1) is 13.5. The number of carbonyl (C=O) groups excluding carboxylic acids is 1. The zero-order valence-corrected chi connectivity index (χ0v) is 16.5. The Morgan fingerprint density at radius 2 is 2.14 bits per heavy atom. The van der Waals surface area contributed by atoms with E-state index in [2.05, 4.69) is 32.4 Å². The van der Waals surface area contributed by atoms with E-state index in [0.717, 1.165) is 12.1 Å². The molecule has 0 spiro atoms. The Kier molecular flexibility index (Phi) is 4.89. The molecule has 4 rings (SSSR count). The highest BCUT2D eigenvalue weighted by molar-refractivity contribution is 6.29. The van der Waals surface area contributed by atoms with Crippen LogP contribution in [0.1, 0.15) is 24.4 Å². The van der Waals surface area contributed by atoms with Gasteiger partial charge >= 0.3 is 0 Å². The van der Waals surface area contributed by atoms with Crippen molar-refractivity contribution in [2.24, 2.45) is 11.8 Å². The van der Waals surface area contributed by atoms with Gasteiger partial charge in [0.1, 0.15) is 22.4 Å². The molecular weight excluding hydrogens is 376 g/mol. The zero-order chi connectivity index (χ0) is 19.7. The summed E-state index contributed by atoms with van der Waals surface area (Å²) in [5, 5.41) is 3.20. The second-order valence-corrected chi connectivity index (χ2v) is 7.56. The lowest BCUT2D eigenvalue weighted by Crippen LogP contribution is -2.35. The number of amides is 1. The van der Waals surface area contributed by atoms with Crippen LogP contribution in [0, 0.1) is 25.7 Å². The van der Waals surface area contributed by atoms with Crippen LogP contribution in [0.5, 0.6) is 5.75 Å². The molecule has 1 unspecified atom stereocenters. The molecule has 2 heterocycles. The van der Waals surface area contributed by atoms with E-state index in [4.69, 9.17) is 16.3 Å². The summed E-state index contributed by atoms with van der Waals surface area (Å²) in [7, 11) is 0. The van der Waals surface area contributed by atoms with Gasteiger partial charge in [0.15, 0.2) is 5.75 Å². The molecule has 0 aromatic carbocycles. The first-order valence-electron chi connectivity index (χ1n) is 9.24. The molecule has 2 aromatic heterocycles. The molecule has 6 nitrogen and oxygen atoms in total. The highest BCUT2D eigenvalue weighted by atomic mass is 35.5. The summed E-state index contributed by atoms with van der Waals surface area (Å²) in [4.78, 5) is 25.7. The molecule has 1 saturated carbocycles. The Morgan fingerprint density at radius 1 is 1.29 bits per heavy atom. The third-order valence-corrected chi connectivity index (χ3v) is 5.41. The molecule has 0 aliphatic heterocycles. The van der Waals surface area contributed by atoms with Crippen LogP contribution in [0.2, 0.25) is 5.15 Å². The van der Waals surface area contributed by atoms with Gasteiger partial charge in [0.25, 0.3) is 0 Å². The molecule has 28 heavy (non-hydrogen) atoms. The zero-order valence-electron chi connectivity index (χ0n) is 15.7. The van der Waals surface area contributed by atoms with Crippen molar-refractivity contribution >= 4 is 23.3 Å². The molecule has 3 atom stereocenters. The number of anilines is 1. The first-order valence-corrected chi connectivity index (χ1v) is 9.62. The fourth-order valence-electron chi connectivity index (χ4n) is 3.68. The minimum atomic E-state index is -0.618. The van der Waals surface area contributed by atoms with E-state index < -0.39 is 5.60 Å². The Balaban J connectivity index is 1.58. The lowest BCUT2D eigenvalue weighted by molar-refractivity contribution is -0.119. The molecule has 1 amide bonds. The topological polar surface area (TPSA) is 77.0 Å². The molecule has 144 valence electrons. The van der Waals surface area contributed by atoms with E-state index in [0.29, 0.717) is 29.0 Å². The van der Waals surface area contributed by atoms with Crippen molar-refractivity contribution < 1.29 is 9.53 Å². The number of ether oxygens (including phenoxy) is 1. The van der Waals surface area contributed by atoms with Gasteiger partial charge in [-0.2, -0.15) is 0 Å². The fraction of sp³-hybridized carbons (Fsp3) is 0.333. The van der Waals surface area contributed by atoms with Gasteiger partial charge in [-0.1, -0.05) is 42.0 Å². The molecule has 2 aromatic rings. The number of halogens is 1. The Hall–Kier alpha value is -2.73. The number of hydrogen-bond acceptors (Lipinski definition) is 5. The van der Waals surface area contributed by atoms with Crippen LogP contribution in [0.15, 0.2) is 48.7 Å². The number of aryl methyl sites for hydroxylation is 2. The quantitative estimate of drug-likeness (QED) is 0.771. The lowest BCUT2D eigenvalue weighted by Gasteiger charge is -2.28. The normalized spacial score (nSPS) is 25.4. The van der Waals surface area contributed by atoms with Crippen LogP contribution in [0.4, 0.5) is 5.82 Å². The Labute approximate surface area is 168 Å². The third kappa shape index (κ3) is 3.64. The SMILES string of the molecule is Cc1ncc(O[C@@]2(C3C=CC=CC3)C[C@H]2C(=O)Nc2cccc(Cl)n2)c(C)n1. The van der Waals surface area contributed by atoms with Crippen LogP contribution in [0.25, 0.3) is 0 Å². The minimum Gasteiger partial charge on any atom is -0.482 e. The average Bonchev–Trinajstić information content (AvgIpc) is 3.41. The summed E-state index contributed by atoms with van der Waals surface area (Å²) in [6.07, 6.45) is 11.3. The maximum Gasteiger partial charge on any atom is 0.232 e. The third-order valence-electron chi connectivity index (χ3n) is 5.20. The van der Waals surface area contributed by atoms with E-state index in [1.54, 1.807) is 24.4 Å². The van der Waals surface area contributed by atoms with Gasteiger partial charge in [0, 0.05) is 12.3 Å². The smallest absolute Gasteiger partial charge is 0.232 e. The van der Waals surface area contributed by atoms with Crippen molar-refractivity contribution in [2.45, 2.75) is 32.3 Å². The van der Waals surface area contributed by atoms with Gasteiger partial charge in [0.2, 0.25) is 5.91 Å². The van der Waals surface area contributed by atoms with Gasteiger partial charge < -0.3 is 10.1 Å². The lowest BCUT2D eigenvalue weighted by atomic mass is 9.90. The molecule has 0 bridgehead atoms. The van der Waals surface area contributed by atoms with Crippen LogP contribution in [0.3, 0.4) is 0 Å². The number of rotatable bonds is 5. The number of nitrogens with one attached hydrogen (secondary N) is 1. The minimum absolute atomic E-state index is 0.0984. The molecular formula is C21H21ClN4O2. The first kappa shape index (κ1) is 18.6. The highest BCUT2D eigenvalue weighted by Gasteiger charge is 2.64. The van der Waals surface area contributed by atoms with Crippen LogP contribution < -0.4 is 10.1 Å². The summed E-state index contributed by atoms with van der Waals surface area (Å²) in [6, 6.07) is 5.14. The predicted octanol–water partition coefficient (Wildman–Crippen LogP) is 4.05. The Bertz CT molecular complexity index is 975. The van der Waals surface area contributed by atoms with Crippen molar-refractivity contribution in [1.29, 1.82) is 0 Å². The second kappa shape index (κ2) is 7.36.